The van der Waals surface area contributed by atoms with Gasteiger partial charge in [-0.25, -0.2) is 13.2 Å². The van der Waals surface area contributed by atoms with Gasteiger partial charge in [0.25, 0.3) is 0 Å². The van der Waals surface area contributed by atoms with Gasteiger partial charge in [-0.2, -0.15) is 0 Å². The topological polar surface area (TPSA) is 52.3 Å². The molecule has 3 nitrogen and oxygen atoms in total. The molecule has 26 heavy (non-hydrogen) atoms. The summed E-state index contributed by atoms with van der Waals surface area (Å²) < 4.78 is 47.8. The molecule has 0 saturated heterocycles. The summed E-state index contributed by atoms with van der Waals surface area (Å²) >= 11 is 0. The van der Waals surface area contributed by atoms with Crippen molar-refractivity contribution in [3.05, 3.63) is 35.1 Å². The monoisotopic (exact) mass is 393 g/mol. The Morgan fingerprint density at radius 1 is 1.23 bits per heavy atom. The summed E-state index contributed by atoms with van der Waals surface area (Å²) in [6.07, 6.45) is 1.53. The third kappa shape index (κ3) is 3.86. The molecule has 1 fully saturated rings. The molecule has 0 spiro atoms. The first kappa shape index (κ1) is 22.8. The molecule has 4 atom stereocenters. The molecule has 0 heterocycles. The normalized spacial score (nSPS) is 28.6. The fraction of sp³-hybridized carbons (Fsp3) is 0.632. The Morgan fingerprint density at radius 2 is 1.81 bits per heavy atom. The summed E-state index contributed by atoms with van der Waals surface area (Å²) in [6, 6.07) is 0.569. The van der Waals surface area contributed by atoms with Crippen molar-refractivity contribution in [2.75, 3.05) is 0 Å². The van der Waals surface area contributed by atoms with Gasteiger partial charge in [0.15, 0.2) is 17.2 Å². The van der Waals surface area contributed by atoms with Crippen molar-refractivity contribution < 1.29 is 22.7 Å². The molecule has 1 aliphatic rings. The second kappa shape index (κ2) is 8.61. The molecular weight excluding hydrogens is 367 g/mol. The number of benzene rings is 1. The van der Waals surface area contributed by atoms with Crippen molar-refractivity contribution in [1.82, 2.24) is 0 Å². The Kier molecular flexibility index (Phi) is 7.54. The maximum atomic E-state index is 14.7. The molecule has 1 aromatic carbocycles. The van der Waals surface area contributed by atoms with Gasteiger partial charge < -0.3 is 10.5 Å². The summed E-state index contributed by atoms with van der Waals surface area (Å²) in [5.74, 6) is -4.30. The number of nitrogens with two attached hydrogens (primary N) is 1. The van der Waals surface area contributed by atoms with Crippen LogP contribution in [0.4, 0.5) is 13.2 Å². The van der Waals surface area contributed by atoms with Crippen LogP contribution in [0.5, 0.6) is 0 Å². The third-order valence-corrected chi connectivity index (χ3v) is 5.40. The van der Waals surface area contributed by atoms with Crippen LogP contribution < -0.4 is 5.73 Å². The molecule has 0 radical (unpaired) electrons. The molecule has 0 amide bonds. The van der Waals surface area contributed by atoms with Crippen LogP contribution in [0.2, 0.25) is 0 Å². The Morgan fingerprint density at radius 3 is 2.35 bits per heavy atom. The average Bonchev–Trinajstić information content (AvgIpc) is 2.54. The molecule has 148 valence electrons. The highest BCUT2D eigenvalue weighted by atomic mass is 35.5. The van der Waals surface area contributed by atoms with Crippen molar-refractivity contribution >= 4 is 18.4 Å². The first-order valence-electron chi connectivity index (χ1n) is 8.77. The lowest BCUT2D eigenvalue weighted by molar-refractivity contribution is -0.184. The molecule has 2 N–H and O–H groups in total. The van der Waals surface area contributed by atoms with Gasteiger partial charge in [0.1, 0.15) is 5.82 Å². The second-order valence-electron chi connectivity index (χ2n) is 7.30. The highest BCUT2D eigenvalue weighted by Crippen LogP contribution is 2.50. The van der Waals surface area contributed by atoms with E-state index >= 15 is 0 Å². The maximum Gasteiger partial charge on any atom is 0.306 e. The third-order valence-electron chi connectivity index (χ3n) is 5.40. The number of hydrogen-bond acceptors (Lipinski definition) is 3. The summed E-state index contributed by atoms with van der Waals surface area (Å²) in [5.41, 5.74) is 4.73. The predicted molar refractivity (Wildman–Crippen MR) is 96.3 cm³/mol. The minimum absolute atomic E-state index is 0. The average molecular weight is 394 g/mol. The predicted octanol–water partition coefficient (Wildman–Crippen LogP) is 4.70. The molecular formula is C19H27ClF3NO2. The van der Waals surface area contributed by atoms with Crippen molar-refractivity contribution in [2.45, 2.75) is 58.6 Å². The number of carbonyl (C=O) groups excluding carboxylic acids is 1. The highest BCUT2D eigenvalue weighted by Gasteiger charge is 2.55. The van der Waals surface area contributed by atoms with Gasteiger partial charge in [0.2, 0.25) is 0 Å². The minimum atomic E-state index is -1.52. The molecule has 1 aliphatic carbocycles. The van der Waals surface area contributed by atoms with Gasteiger partial charge in [-0.15, -0.1) is 12.4 Å². The van der Waals surface area contributed by atoms with E-state index in [1.54, 1.807) is 6.92 Å². The highest BCUT2D eigenvalue weighted by molar-refractivity contribution is 5.85. The van der Waals surface area contributed by atoms with Crippen LogP contribution in [0.3, 0.4) is 0 Å². The van der Waals surface area contributed by atoms with Gasteiger partial charge in [-0.05, 0) is 30.7 Å². The van der Waals surface area contributed by atoms with Crippen LogP contribution >= 0.6 is 12.4 Å². The van der Waals surface area contributed by atoms with Gasteiger partial charge in [0.05, 0.1) is 6.04 Å². The lowest BCUT2D eigenvalue weighted by Crippen LogP contribution is -2.60. The molecule has 0 aromatic heterocycles. The smallest absolute Gasteiger partial charge is 0.306 e. The summed E-state index contributed by atoms with van der Waals surface area (Å²) in [6.45, 7) is 7.38. The minimum Gasteiger partial charge on any atom is -0.452 e. The Bertz CT molecular complexity index is 656. The van der Waals surface area contributed by atoms with Crippen LogP contribution in [0.15, 0.2) is 12.1 Å². The molecule has 7 heteroatoms. The SMILES string of the molecule is CCC(=O)OC1(c2cc(F)c(F)cc2F)C(C(C)C)CC[C@H](C)C1N.Cl. The summed E-state index contributed by atoms with van der Waals surface area (Å²) in [4.78, 5) is 12.2. The Hall–Kier alpha value is -1.27. The van der Waals surface area contributed by atoms with Gasteiger partial charge in [0, 0.05) is 24.0 Å². The van der Waals surface area contributed by atoms with Gasteiger partial charge in [-0.3, -0.25) is 4.79 Å². The zero-order valence-electron chi connectivity index (χ0n) is 15.5. The number of ether oxygens (including phenoxy) is 1. The first-order chi connectivity index (χ1) is 11.6. The van der Waals surface area contributed by atoms with Gasteiger partial charge in [-0.1, -0.05) is 27.7 Å². The Labute approximate surface area is 158 Å². The fourth-order valence-electron chi connectivity index (χ4n) is 4.00. The van der Waals surface area contributed by atoms with E-state index in [0.29, 0.717) is 12.5 Å². The van der Waals surface area contributed by atoms with Crippen LogP contribution in [-0.4, -0.2) is 12.0 Å². The first-order valence-corrected chi connectivity index (χ1v) is 8.77. The van der Waals surface area contributed by atoms with E-state index in [1.165, 1.54) is 0 Å². The number of rotatable bonds is 4. The molecule has 1 saturated carbocycles. The maximum absolute atomic E-state index is 14.7. The van der Waals surface area contributed by atoms with Crippen molar-refractivity contribution in [3.63, 3.8) is 0 Å². The lowest BCUT2D eigenvalue weighted by Gasteiger charge is -2.51. The van der Waals surface area contributed by atoms with Crippen molar-refractivity contribution in [3.8, 4) is 0 Å². The summed E-state index contributed by atoms with van der Waals surface area (Å²) in [5, 5.41) is 0. The van der Waals surface area contributed by atoms with Crippen molar-refractivity contribution in [1.29, 1.82) is 0 Å². The number of esters is 1. The molecule has 0 aliphatic heterocycles. The summed E-state index contributed by atoms with van der Waals surface area (Å²) in [7, 11) is 0. The lowest BCUT2D eigenvalue weighted by atomic mass is 9.61. The fourth-order valence-corrected chi connectivity index (χ4v) is 4.00. The van der Waals surface area contributed by atoms with Crippen LogP contribution in [-0.2, 0) is 15.1 Å². The molecule has 0 bridgehead atoms. The zero-order valence-corrected chi connectivity index (χ0v) is 16.3. The van der Waals surface area contributed by atoms with E-state index < -0.39 is 35.1 Å². The molecule has 1 aromatic rings. The van der Waals surface area contributed by atoms with Crippen LogP contribution in [0.1, 0.15) is 52.5 Å². The van der Waals surface area contributed by atoms with E-state index in [9.17, 15) is 18.0 Å². The zero-order chi connectivity index (χ0) is 18.9. The Balaban J connectivity index is 0.00000338. The van der Waals surface area contributed by atoms with Crippen molar-refractivity contribution in [2.24, 2.45) is 23.5 Å². The van der Waals surface area contributed by atoms with E-state index in [1.807, 2.05) is 20.8 Å². The van der Waals surface area contributed by atoms with E-state index in [4.69, 9.17) is 10.5 Å². The quantitative estimate of drug-likeness (QED) is 0.595. The second-order valence-corrected chi connectivity index (χ2v) is 7.30. The standard InChI is InChI=1S/C19H26F3NO2.ClH/c1-5-17(24)25-19(13-8-15(21)16(22)9-14(13)20)12(10(2)3)7-6-11(4)18(19)23;/h8-12,18H,5-7,23H2,1-4H3;1H/t11-,12?,18?,19?;/m0./s1. The van der Waals surface area contributed by atoms with Crippen LogP contribution in [0.25, 0.3) is 0 Å². The van der Waals surface area contributed by atoms with Gasteiger partial charge >= 0.3 is 5.97 Å². The van der Waals surface area contributed by atoms with Crippen LogP contribution in [0, 0.1) is 35.2 Å². The molecule has 3 unspecified atom stereocenters. The van der Waals surface area contributed by atoms with E-state index in [0.717, 1.165) is 12.5 Å². The number of hydrogen-bond donors (Lipinski definition) is 1. The van der Waals surface area contributed by atoms with E-state index in [2.05, 4.69) is 0 Å². The number of carbonyl (C=O) groups is 1. The largest absolute Gasteiger partial charge is 0.452 e. The van der Waals surface area contributed by atoms with E-state index in [-0.39, 0.29) is 42.1 Å². The molecule has 2 rings (SSSR count). The number of halogens is 4.